The molecule has 20 heavy (non-hydrogen) atoms. The summed E-state index contributed by atoms with van der Waals surface area (Å²) in [6.45, 7) is 0.427. The molecule has 0 heterocycles. The van der Waals surface area contributed by atoms with Gasteiger partial charge in [-0.2, -0.15) is 0 Å². The Morgan fingerprint density at radius 3 is 2.60 bits per heavy atom. The van der Waals surface area contributed by atoms with Gasteiger partial charge in [0.25, 0.3) is 0 Å². The van der Waals surface area contributed by atoms with Gasteiger partial charge in [0.15, 0.2) is 5.11 Å². The van der Waals surface area contributed by atoms with Crippen LogP contribution in [0.1, 0.15) is 5.56 Å². The highest BCUT2D eigenvalue weighted by atomic mass is 35.5. The SMILES string of the molecule is Fc1ccccc1NC(=S)NCc1ccc(Cl)cc1Cl. The van der Waals surface area contributed by atoms with E-state index in [1.807, 2.05) is 6.07 Å². The predicted octanol–water partition coefficient (Wildman–Crippen LogP) is 4.62. The van der Waals surface area contributed by atoms with E-state index in [1.54, 1.807) is 30.3 Å². The van der Waals surface area contributed by atoms with Crippen LogP contribution in [0, 0.1) is 5.82 Å². The van der Waals surface area contributed by atoms with Crippen LogP contribution in [-0.2, 0) is 6.54 Å². The van der Waals surface area contributed by atoms with Gasteiger partial charge in [0, 0.05) is 16.6 Å². The summed E-state index contributed by atoms with van der Waals surface area (Å²) in [6.07, 6.45) is 0. The van der Waals surface area contributed by atoms with Crippen LogP contribution >= 0.6 is 35.4 Å². The normalized spacial score (nSPS) is 10.2. The largest absolute Gasteiger partial charge is 0.358 e. The van der Waals surface area contributed by atoms with Gasteiger partial charge in [0.05, 0.1) is 5.69 Å². The molecule has 0 bridgehead atoms. The molecule has 0 aliphatic rings. The van der Waals surface area contributed by atoms with Crippen molar-refractivity contribution < 1.29 is 4.39 Å². The van der Waals surface area contributed by atoms with Crippen molar-refractivity contribution in [2.45, 2.75) is 6.54 Å². The minimum atomic E-state index is -0.360. The Labute approximate surface area is 131 Å². The molecular formula is C14H11Cl2FN2S. The number of para-hydroxylation sites is 1. The van der Waals surface area contributed by atoms with Gasteiger partial charge in [-0.05, 0) is 42.0 Å². The molecule has 0 aromatic heterocycles. The number of hydrogen-bond donors (Lipinski definition) is 2. The highest BCUT2D eigenvalue weighted by Gasteiger charge is 2.05. The molecule has 2 nitrogen and oxygen atoms in total. The van der Waals surface area contributed by atoms with E-state index in [-0.39, 0.29) is 5.82 Å². The van der Waals surface area contributed by atoms with Gasteiger partial charge in [-0.3, -0.25) is 0 Å². The van der Waals surface area contributed by atoms with Gasteiger partial charge in [0.1, 0.15) is 5.82 Å². The van der Waals surface area contributed by atoms with E-state index >= 15 is 0 Å². The molecule has 2 aromatic rings. The standard InChI is InChI=1S/C14H11Cl2FN2S/c15-10-6-5-9(11(16)7-10)8-18-14(20)19-13-4-2-1-3-12(13)17/h1-7H,8H2,(H2,18,19,20). The van der Waals surface area contributed by atoms with Crippen molar-refractivity contribution in [1.82, 2.24) is 5.32 Å². The summed E-state index contributed by atoms with van der Waals surface area (Å²) in [5.41, 5.74) is 1.18. The monoisotopic (exact) mass is 328 g/mol. The fraction of sp³-hybridized carbons (Fsp3) is 0.0714. The van der Waals surface area contributed by atoms with Gasteiger partial charge in [-0.25, -0.2) is 4.39 Å². The minimum Gasteiger partial charge on any atom is -0.358 e. The fourth-order valence-electron chi connectivity index (χ4n) is 1.57. The first-order chi connectivity index (χ1) is 9.56. The summed E-state index contributed by atoms with van der Waals surface area (Å²) in [4.78, 5) is 0. The van der Waals surface area contributed by atoms with Crippen molar-refractivity contribution in [2.75, 3.05) is 5.32 Å². The Morgan fingerprint density at radius 1 is 1.15 bits per heavy atom. The third-order valence-electron chi connectivity index (χ3n) is 2.58. The van der Waals surface area contributed by atoms with Crippen LogP contribution in [-0.4, -0.2) is 5.11 Å². The third-order valence-corrected chi connectivity index (χ3v) is 3.41. The first kappa shape index (κ1) is 15.0. The second-order valence-electron chi connectivity index (χ2n) is 4.02. The molecule has 2 aromatic carbocycles. The van der Waals surface area contributed by atoms with Crippen molar-refractivity contribution in [3.63, 3.8) is 0 Å². The van der Waals surface area contributed by atoms with E-state index in [4.69, 9.17) is 35.4 Å². The van der Waals surface area contributed by atoms with Crippen LogP contribution in [0.2, 0.25) is 10.0 Å². The second kappa shape index (κ2) is 6.88. The first-order valence-corrected chi connectivity index (χ1v) is 6.96. The molecule has 0 saturated carbocycles. The molecule has 0 aliphatic heterocycles. The van der Waals surface area contributed by atoms with Gasteiger partial charge in [0.2, 0.25) is 0 Å². The summed E-state index contributed by atoms with van der Waals surface area (Å²) in [5, 5.41) is 7.20. The second-order valence-corrected chi connectivity index (χ2v) is 5.28. The van der Waals surface area contributed by atoms with E-state index in [1.165, 1.54) is 6.07 Å². The average Bonchev–Trinajstić information content (AvgIpc) is 2.40. The van der Waals surface area contributed by atoms with Crippen molar-refractivity contribution in [3.05, 3.63) is 63.9 Å². The maximum absolute atomic E-state index is 13.4. The average molecular weight is 329 g/mol. The zero-order chi connectivity index (χ0) is 14.5. The lowest BCUT2D eigenvalue weighted by Crippen LogP contribution is -2.28. The molecule has 104 valence electrons. The molecule has 0 aliphatic carbocycles. The number of halogens is 3. The van der Waals surface area contributed by atoms with E-state index in [9.17, 15) is 4.39 Å². The Kier molecular flexibility index (Phi) is 5.17. The van der Waals surface area contributed by atoms with Gasteiger partial charge in [-0.1, -0.05) is 41.4 Å². The van der Waals surface area contributed by atoms with Crippen LogP contribution in [0.5, 0.6) is 0 Å². The van der Waals surface area contributed by atoms with Crippen LogP contribution in [0.3, 0.4) is 0 Å². The maximum atomic E-state index is 13.4. The molecule has 0 unspecified atom stereocenters. The maximum Gasteiger partial charge on any atom is 0.171 e. The number of anilines is 1. The van der Waals surface area contributed by atoms with Gasteiger partial charge in [-0.15, -0.1) is 0 Å². The van der Waals surface area contributed by atoms with Crippen molar-refractivity contribution >= 4 is 46.2 Å². The zero-order valence-electron chi connectivity index (χ0n) is 10.3. The van der Waals surface area contributed by atoms with Gasteiger partial charge >= 0.3 is 0 Å². The predicted molar refractivity (Wildman–Crippen MR) is 85.9 cm³/mol. The summed E-state index contributed by atoms with van der Waals surface area (Å²) < 4.78 is 13.4. The molecule has 0 fully saturated rings. The number of hydrogen-bond acceptors (Lipinski definition) is 1. The van der Waals surface area contributed by atoms with Crippen molar-refractivity contribution in [2.24, 2.45) is 0 Å². The molecule has 6 heteroatoms. The molecule has 0 radical (unpaired) electrons. The number of nitrogens with one attached hydrogen (secondary N) is 2. The molecule has 0 saturated heterocycles. The Hall–Kier alpha value is -1.36. The first-order valence-electron chi connectivity index (χ1n) is 5.79. The summed E-state index contributed by atoms with van der Waals surface area (Å²) in [6, 6.07) is 11.5. The van der Waals surface area contributed by atoms with Crippen molar-refractivity contribution in [3.8, 4) is 0 Å². The quantitative estimate of drug-likeness (QED) is 0.804. The number of rotatable bonds is 3. The lowest BCUT2D eigenvalue weighted by molar-refractivity contribution is 0.632. The molecule has 2 rings (SSSR count). The third kappa shape index (κ3) is 4.07. The molecule has 0 amide bonds. The molecule has 2 N–H and O–H groups in total. The summed E-state index contributed by atoms with van der Waals surface area (Å²) in [5.74, 6) is -0.360. The van der Waals surface area contributed by atoms with E-state index in [0.717, 1.165) is 5.56 Å². The van der Waals surface area contributed by atoms with Crippen LogP contribution in [0.25, 0.3) is 0 Å². The van der Waals surface area contributed by atoms with Crippen LogP contribution in [0.4, 0.5) is 10.1 Å². The summed E-state index contributed by atoms with van der Waals surface area (Å²) >= 11 is 17.0. The van der Waals surface area contributed by atoms with Crippen molar-refractivity contribution in [1.29, 1.82) is 0 Å². The smallest absolute Gasteiger partial charge is 0.171 e. The van der Waals surface area contributed by atoms with E-state index in [0.29, 0.717) is 27.4 Å². The zero-order valence-corrected chi connectivity index (χ0v) is 12.6. The van der Waals surface area contributed by atoms with E-state index < -0.39 is 0 Å². The topological polar surface area (TPSA) is 24.1 Å². The number of benzene rings is 2. The molecular weight excluding hydrogens is 318 g/mol. The van der Waals surface area contributed by atoms with Gasteiger partial charge < -0.3 is 10.6 Å². The Balaban J connectivity index is 1.94. The highest BCUT2D eigenvalue weighted by molar-refractivity contribution is 7.80. The lowest BCUT2D eigenvalue weighted by Gasteiger charge is -2.12. The molecule has 0 atom stereocenters. The lowest BCUT2D eigenvalue weighted by atomic mass is 10.2. The molecule has 0 spiro atoms. The van der Waals surface area contributed by atoms with Crippen LogP contribution < -0.4 is 10.6 Å². The highest BCUT2D eigenvalue weighted by Crippen LogP contribution is 2.20. The van der Waals surface area contributed by atoms with E-state index in [2.05, 4.69) is 10.6 Å². The Bertz CT molecular complexity index is 634. The fourth-order valence-corrected chi connectivity index (χ4v) is 2.23. The minimum absolute atomic E-state index is 0.320. The summed E-state index contributed by atoms with van der Waals surface area (Å²) in [7, 11) is 0. The number of thiocarbonyl (C=S) groups is 1. The van der Waals surface area contributed by atoms with Crippen LogP contribution in [0.15, 0.2) is 42.5 Å². The Morgan fingerprint density at radius 2 is 1.90 bits per heavy atom.